The SMILES string of the molecule is CC(C)N(c1ccc2ccccc2c1)c1ccc2c3c(cccc13)-c1ccccc1-2. The van der Waals surface area contributed by atoms with Crippen molar-refractivity contribution in [3.63, 3.8) is 0 Å². The lowest BCUT2D eigenvalue weighted by atomic mass is 9.99. The summed E-state index contributed by atoms with van der Waals surface area (Å²) in [6.45, 7) is 4.54. The number of hydrogen-bond acceptors (Lipinski definition) is 1. The second kappa shape index (κ2) is 6.47. The number of fused-ring (bicyclic) bond motifs is 4. The molecule has 0 saturated heterocycles. The lowest BCUT2D eigenvalue weighted by molar-refractivity contribution is 0.792. The monoisotopic (exact) mass is 385 g/mol. The summed E-state index contributed by atoms with van der Waals surface area (Å²) in [5.74, 6) is 0. The van der Waals surface area contributed by atoms with Gasteiger partial charge in [0.05, 0.1) is 0 Å². The summed E-state index contributed by atoms with van der Waals surface area (Å²) < 4.78 is 0. The van der Waals surface area contributed by atoms with Gasteiger partial charge in [-0.15, -0.1) is 0 Å². The average Bonchev–Trinajstić information content (AvgIpc) is 3.11. The van der Waals surface area contributed by atoms with Crippen LogP contribution in [0.2, 0.25) is 0 Å². The smallest absolute Gasteiger partial charge is 0.0493 e. The average molecular weight is 386 g/mol. The molecule has 0 radical (unpaired) electrons. The third-order valence-electron chi connectivity index (χ3n) is 6.31. The second-order valence-electron chi connectivity index (χ2n) is 8.40. The van der Waals surface area contributed by atoms with Crippen molar-refractivity contribution < 1.29 is 0 Å². The van der Waals surface area contributed by atoms with Gasteiger partial charge in [0.25, 0.3) is 0 Å². The van der Waals surface area contributed by atoms with Crippen molar-refractivity contribution in [2.75, 3.05) is 4.90 Å². The molecule has 1 heteroatoms. The topological polar surface area (TPSA) is 3.24 Å². The molecule has 0 atom stereocenters. The van der Waals surface area contributed by atoms with Gasteiger partial charge in [-0.25, -0.2) is 0 Å². The summed E-state index contributed by atoms with van der Waals surface area (Å²) in [6, 6.07) is 35.8. The zero-order valence-electron chi connectivity index (χ0n) is 17.3. The minimum absolute atomic E-state index is 0.340. The summed E-state index contributed by atoms with van der Waals surface area (Å²) in [5, 5.41) is 5.26. The highest BCUT2D eigenvalue weighted by molar-refractivity contribution is 6.18. The zero-order valence-corrected chi connectivity index (χ0v) is 17.3. The van der Waals surface area contributed by atoms with Crippen molar-refractivity contribution in [2.24, 2.45) is 0 Å². The van der Waals surface area contributed by atoms with Crippen LogP contribution < -0.4 is 4.90 Å². The molecule has 30 heavy (non-hydrogen) atoms. The quantitative estimate of drug-likeness (QED) is 0.297. The van der Waals surface area contributed by atoms with Crippen LogP contribution in [0.15, 0.2) is 97.1 Å². The number of benzene rings is 5. The highest BCUT2D eigenvalue weighted by Gasteiger charge is 2.24. The van der Waals surface area contributed by atoms with Crippen molar-refractivity contribution in [1.29, 1.82) is 0 Å². The lowest BCUT2D eigenvalue weighted by Gasteiger charge is -2.31. The fourth-order valence-electron chi connectivity index (χ4n) is 5.05. The van der Waals surface area contributed by atoms with Gasteiger partial charge < -0.3 is 4.90 Å². The van der Waals surface area contributed by atoms with E-state index >= 15 is 0 Å². The van der Waals surface area contributed by atoms with Gasteiger partial charge in [-0.2, -0.15) is 0 Å². The molecule has 144 valence electrons. The van der Waals surface area contributed by atoms with Crippen LogP contribution in [0.1, 0.15) is 13.8 Å². The van der Waals surface area contributed by atoms with E-state index in [0.29, 0.717) is 6.04 Å². The molecule has 0 aromatic heterocycles. The number of hydrogen-bond donors (Lipinski definition) is 0. The first-order chi connectivity index (χ1) is 14.7. The molecule has 0 bridgehead atoms. The maximum absolute atomic E-state index is 2.47. The molecule has 0 amide bonds. The summed E-state index contributed by atoms with van der Waals surface area (Å²) in [5.41, 5.74) is 7.90. The molecule has 1 aliphatic rings. The van der Waals surface area contributed by atoms with Gasteiger partial charge in [-0.1, -0.05) is 78.9 Å². The Labute approximate surface area is 177 Å². The van der Waals surface area contributed by atoms with Crippen molar-refractivity contribution in [2.45, 2.75) is 19.9 Å². The van der Waals surface area contributed by atoms with Gasteiger partial charge in [0.1, 0.15) is 0 Å². The predicted molar refractivity (Wildman–Crippen MR) is 130 cm³/mol. The Morgan fingerprint density at radius 3 is 2.00 bits per heavy atom. The van der Waals surface area contributed by atoms with Crippen LogP contribution >= 0.6 is 0 Å². The van der Waals surface area contributed by atoms with Crippen LogP contribution in [0.25, 0.3) is 43.8 Å². The molecule has 0 saturated carbocycles. The Kier molecular flexibility index (Phi) is 3.73. The van der Waals surface area contributed by atoms with E-state index in [1.54, 1.807) is 0 Å². The summed E-state index contributed by atoms with van der Waals surface area (Å²) >= 11 is 0. The molecule has 0 fully saturated rings. The Balaban J connectivity index is 1.60. The Morgan fingerprint density at radius 2 is 1.23 bits per heavy atom. The van der Waals surface area contributed by atoms with Gasteiger partial charge in [0, 0.05) is 22.8 Å². The van der Waals surface area contributed by atoms with E-state index in [1.165, 1.54) is 55.2 Å². The first-order valence-electron chi connectivity index (χ1n) is 10.7. The molecule has 5 aromatic carbocycles. The predicted octanol–water partition coefficient (Wildman–Crippen LogP) is 8.19. The van der Waals surface area contributed by atoms with Crippen LogP contribution in [0.3, 0.4) is 0 Å². The highest BCUT2D eigenvalue weighted by Crippen LogP contribution is 2.50. The number of nitrogens with zero attached hydrogens (tertiary/aromatic N) is 1. The number of rotatable bonds is 3. The fourth-order valence-corrected chi connectivity index (χ4v) is 5.05. The van der Waals surface area contributed by atoms with E-state index in [1.807, 2.05) is 0 Å². The third kappa shape index (κ3) is 2.42. The summed E-state index contributed by atoms with van der Waals surface area (Å²) in [6.07, 6.45) is 0. The van der Waals surface area contributed by atoms with Crippen LogP contribution in [-0.2, 0) is 0 Å². The molecule has 0 spiro atoms. The van der Waals surface area contributed by atoms with Crippen LogP contribution in [0, 0.1) is 0 Å². The molecule has 0 aliphatic heterocycles. The molecule has 0 unspecified atom stereocenters. The summed E-state index contributed by atoms with van der Waals surface area (Å²) in [7, 11) is 0. The van der Waals surface area contributed by atoms with Crippen LogP contribution in [0.4, 0.5) is 11.4 Å². The van der Waals surface area contributed by atoms with E-state index in [9.17, 15) is 0 Å². The Morgan fingerprint density at radius 1 is 0.567 bits per heavy atom. The molecule has 0 N–H and O–H groups in total. The molecular formula is C29H23N. The molecule has 0 heterocycles. The fraction of sp³-hybridized carbons (Fsp3) is 0.103. The van der Waals surface area contributed by atoms with Gasteiger partial charge in [0.15, 0.2) is 0 Å². The maximum Gasteiger partial charge on any atom is 0.0493 e. The van der Waals surface area contributed by atoms with E-state index in [0.717, 1.165) is 0 Å². The second-order valence-corrected chi connectivity index (χ2v) is 8.40. The van der Waals surface area contributed by atoms with Crippen molar-refractivity contribution >= 4 is 32.9 Å². The van der Waals surface area contributed by atoms with E-state index in [-0.39, 0.29) is 0 Å². The number of anilines is 2. The Bertz CT molecular complexity index is 1400. The van der Waals surface area contributed by atoms with Gasteiger partial charge in [0.2, 0.25) is 0 Å². The van der Waals surface area contributed by atoms with Gasteiger partial charge in [-0.3, -0.25) is 0 Å². The van der Waals surface area contributed by atoms with Gasteiger partial charge >= 0.3 is 0 Å². The van der Waals surface area contributed by atoms with Crippen LogP contribution in [-0.4, -0.2) is 6.04 Å². The minimum atomic E-state index is 0.340. The molecule has 1 nitrogen and oxygen atoms in total. The largest absolute Gasteiger partial charge is 0.338 e. The normalized spacial score (nSPS) is 12.0. The molecular weight excluding hydrogens is 362 g/mol. The molecule has 5 aromatic rings. The maximum atomic E-state index is 2.47. The third-order valence-corrected chi connectivity index (χ3v) is 6.31. The van der Waals surface area contributed by atoms with Crippen molar-refractivity contribution in [3.05, 3.63) is 97.1 Å². The first kappa shape index (κ1) is 17.3. The van der Waals surface area contributed by atoms with Gasteiger partial charge in [-0.05, 0) is 70.5 Å². The lowest BCUT2D eigenvalue weighted by Crippen LogP contribution is -2.25. The van der Waals surface area contributed by atoms with Crippen molar-refractivity contribution in [3.8, 4) is 22.3 Å². The summed E-state index contributed by atoms with van der Waals surface area (Å²) in [4.78, 5) is 2.47. The standard InChI is InChI=1S/C29H23N/c1-19(2)30(22-15-14-20-8-3-4-9-21(20)18-22)28-17-16-26-24-11-6-5-10-23(24)25-12-7-13-27(28)29(25)26/h3-19H,1-2H3. The zero-order chi connectivity index (χ0) is 20.2. The van der Waals surface area contributed by atoms with E-state index in [2.05, 4.69) is 116 Å². The van der Waals surface area contributed by atoms with E-state index in [4.69, 9.17) is 0 Å². The minimum Gasteiger partial charge on any atom is -0.338 e. The van der Waals surface area contributed by atoms with E-state index < -0.39 is 0 Å². The first-order valence-corrected chi connectivity index (χ1v) is 10.7. The highest BCUT2D eigenvalue weighted by atomic mass is 15.2. The molecule has 1 aliphatic carbocycles. The van der Waals surface area contributed by atoms with Crippen LogP contribution in [0.5, 0.6) is 0 Å². The molecule has 6 rings (SSSR count). The Hall–Kier alpha value is -3.58. The van der Waals surface area contributed by atoms with Crippen molar-refractivity contribution in [1.82, 2.24) is 0 Å².